The molecule has 1 fully saturated rings. The highest BCUT2D eigenvalue weighted by molar-refractivity contribution is 7.98. The number of amides is 1. The Morgan fingerprint density at radius 2 is 2.09 bits per heavy atom. The predicted molar refractivity (Wildman–Crippen MR) is 126 cm³/mol. The van der Waals surface area contributed by atoms with Crippen LogP contribution in [-0.4, -0.2) is 46.5 Å². The Hall–Kier alpha value is -3.33. The van der Waals surface area contributed by atoms with Crippen molar-refractivity contribution in [3.8, 4) is 17.2 Å². The topological polar surface area (TPSA) is 116 Å². The highest BCUT2D eigenvalue weighted by Gasteiger charge is 2.51. The van der Waals surface area contributed by atoms with E-state index in [4.69, 9.17) is 19.9 Å². The zero-order chi connectivity index (χ0) is 22.3. The van der Waals surface area contributed by atoms with Gasteiger partial charge in [-0.25, -0.2) is 9.97 Å². The fraction of sp³-hybridized carbons (Fsp3) is 0.304. The SMILES string of the molecule is CNc1ncc(-c2nc3cc(OCCSC)ccc3o2)c2cc(C3(C(N)=O)CC3)ncc12. The van der Waals surface area contributed by atoms with Gasteiger partial charge in [0.25, 0.3) is 0 Å². The summed E-state index contributed by atoms with van der Waals surface area (Å²) in [6.45, 7) is 0.634. The molecule has 1 aliphatic rings. The maximum atomic E-state index is 12.1. The van der Waals surface area contributed by atoms with Crippen molar-refractivity contribution in [2.45, 2.75) is 18.3 Å². The summed E-state index contributed by atoms with van der Waals surface area (Å²) in [5, 5.41) is 4.76. The van der Waals surface area contributed by atoms with Crippen LogP contribution in [0.4, 0.5) is 5.82 Å². The molecule has 0 saturated heterocycles. The highest BCUT2D eigenvalue weighted by Crippen LogP contribution is 2.48. The van der Waals surface area contributed by atoms with Gasteiger partial charge in [0, 0.05) is 42.0 Å². The first-order chi connectivity index (χ1) is 15.6. The summed E-state index contributed by atoms with van der Waals surface area (Å²) in [5.74, 6) is 2.46. The number of nitrogens with zero attached hydrogens (tertiary/aromatic N) is 3. The van der Waals surface area contributed by atoms with Gasteiger partial charge in [-0.1, -0.05) is 0 Å². The number of pyridine rings is 2. The quantitative estimate of drug-likeness (QED) is 0.391. The maximum absolute atomic E-state index is 12.1. The predicted octanol–water partition coefficient (Wildman–Crippen LogP) is 3.74. The van der Waals surface area contributed by atoms with Gasteiger partial charge in [0.15, 0.2) is 5.58 Å². The van der Waals surface area contributed by atoms with Gasteiger partial charge < -0.3 is 20.2 Å². The van der Waals surface area contributed by atoms with Crippen molar-refractivity contribution < 1.29 is 13.9 Å². The highest BCUT2D eigenvalue weighted by atomic mass is 32.2. The first-order valence-electron chi connectivity index (χ1n) is 10.4. The molecule has 164 valence electrons. The van der Waals surface area contributed by atoms with Crippen molar-refractivity contribution >= 4 is 45.4 Å². The molecule has 3 aromatic heterocycles. The number of fused-ring (bicyclic) bond motifs is 2. The van der Waals surface area contributed by atoms with Crippen LogP contribution in [0.15, 0.2) is 41.1 Å². The number of carbonyl (C=O) groups is 1. The van der Waals surface area contributed by atoms with Gasteiger partial charge in [-0.2, -0.15) is 11.8 Å². The van der Waals surface area contributed by atoms with Crippen LogP contribution >= 0.6 is 11.8 Å². The summed E-state index contributed by atoms with van der Waals surface area (Å²) in [7, 11) is 1.80. The smallest absolute Gasteiger partial charge is 0.229 e. The molecule has 0 unspecified atom stereocenters. The van der Waals surface area contributed by atoms with Gasteiger partial charge in [0.1, 0.15) is 17.1 Å². The molecule has 1 saturated carbocycles. The molecule has 4 aromatic rings. The minimum atomic E-state index is -0.682. The van der Waals surface area contributed by atoms with E-state index in [-0.39, 0.29) is 5.91 Å². The van der Waals surface area contributed by atoms with Crippen molar-refractivity contribution in [3.63, 3.8) is 0 Å². The fourth-order valence-electron chi connectivity index (χ4n) is 3.88. The molecule has 9 heteroatoms. The Bertz CT molecular complexity index is 1330. The minimum absolute atomic E-state index is 0.343. The molecule has 0 spiro atoms. The number of nitrogens with one attached hydrogen (secondary N) is 1. The number of rotatable bonds is 8. The van der Waals surface area contributed by atoms with Crippen LogP contribution in [-0.2, 0) is 10.2 Å². The van der Waals surface area contributed by atoms with E-state index >= 15 is 0 Å². The number of carbonyl (C=O) groups excluding carboxylic acids is 1. The fourth-order valence-corrected chi connectivity index (χ4v) is 4.13. The number of ether oxygens (including phenoxy) is 1. The molecule has 8 nitrogen and oxygen atoms in total. The average molecular weight is 450 g/mol. The Morgan fingerprint density at radius 3 is 2.81 bits per heavy atom. The molecule has 0 atom stereocenters. The lowest BCUT2D eigenvalue weighted by atomic mass is 9.98. The number of primary amides is 1. The first-order valence-corrected chi connectivity index (χ1v) is 11.7. The zero-order valence-electron chi connectivity index (χ0n) is 17.8. The largest absolute Gasteiger partial charge is 0.493 e. The Kier molecular flexibility index (Phi) is 5.13. The lowest BCUT2D eigenvalue weighted by Crippen LogP contribution is -2.29. The second kappa shape index (κ2) is 7.98. The maximum Gasteiger partial charge on any atom is 0.229 e. The van der Waals surface area contributed by atoms with E-state index in [1.54, 1.807) is 31.2 Å². The van der Waals surface area contributed by atoms with Crippen molar-refractivity contribution in [2.24, 2.45) is 5.73 Å². The van der Waals surface area contributed by atoms with Gasteiger partial charge in [0.2, 0.25) is 11.8 Å². The standard InChI is InChI=1S/C23H23N5O3S/c1-25-20-15-11-26-19(23(5-6-23)22(24)29)10-14(15)16(12-27-20)21-28-17-9-13(30-7-8-32-2)3-4-18(17)31-21/h3-4,9-12H,5-8H2,1-2H3,(H2,24,29)(H,25,27). The minimum Gasteiger partial charge on any atom is -0.493 e. The van der Waals surface area contributed by atoms with Crippen molar-refractivity contribution in [1.82, 2.24) is 15.0 Å². The molecule has 0 aliphatic heterocycles. The van der Waals surface area contributed by atoms with E-state index in [0.717, 1.165) is 27.8 Å². The van der Waals surface area contributed by atoms with Crippen molar-refractivity contribution in [2.75, 3.05) is 31.0 Å². The second-order valence-electron chi connectivity index (χ2n) is 7.82. The molecule has 3 heterocycles. The summed E-state index contributed by atoms with van der Waals surface area (Å²) in [4.78, 5) is 25.8. The zero-order valence-corrected chi connectivity index (χ0v) is 18.7. The van der Waals surface area contributed by atoms with Gasteiger partial charge in [-0.15, -0.1) is 0 Å². The summed E-state index contributed by atoms with van der Waals surface area (Å²) in [6.07, 6.45) is 6.92. The number of aromatic nitrogens is 3. The Labute approximate surface area is 189 Å². The summed E-state index contributed by atoms with van der Waals surface area (Å²) in [6, 6.07) is 7.53. The first kappa shape index (κ1) is 20.6. The van der Waals surface area contributed by atoms with Crippen LogP contribution < -0.4 is 15.8 Å². The molecular formula is C23H23N5O3S. The van der Waals surface area contributed by atoms with Crippen LogP contribution in [0.1, 0.15) is 18.5 Å². The lowest BCUT2D eigenvalue weighted by molar-refractivity contribution is -0.120. The van der Waals surface area contributed by atoms with Crippen LogP contribution in [0.3, 0.4) is 0 Å². The Morgan fingerprint density at radius 1 is 1.25 bits per heavy atom. The van der Waals surface area contributed by atoms with Crippen molar-refractivity contribution in [1.29, 1.82) is 0 Å². The normalized spacial score (nSPS) is 14.6. The van der Waals surface area contributed by atoms with Gasteiger partial charge in [-0.05, 0) is 37.3 Å². The Balaban J connectivity index is 1.61. The van der Waals surface area contributed by atoms with Gasteiger partial charge in [0.05, 0.1) is 23.3 Å². The monoisotopic (exact) mass is 449 g/mol. The number of thioether (sulfide) groups is 1. The van der Waals surface area contributed by atoms with Crippen LogP contribution in [0, 0.1) is 0 Å². The third-order valence-electron chi connectivity index (χ3n) is 5.87. The number of hydrogen-bond acceptors (Lipinski definition) is 8. The van der Waals surface area contributed by atoms with E-state index in [2.05, 4.69) is 15.3 Å². The average Bonchev–Trinajstić information content (AvgIpc) is 3.52. The molecule has 0 radical (unpaired) electrons. The van der Waals surface area contributed by atoms with E-state index in [1.807, 2.05) is 30.5 Å². The number of hydrogen-bond donors (Lipinski definition) is 2. The molecule has 5 rings (SSSR count). The molecule has 1 aromatic carbocycles. The number of benzene rings is 1. The van der Waals surface area contributed by atoms with Gasteiger partial charge >= 0.3 is 0 Å². The summed E-state index contributed by atoms with van der Waals surface area (Å²) >= 11 is 1.73. The number of anilines is 1. The number of nitrogens with two attached hydrogens (primary N) is 1. The summed E-state index contributed by atoms with van der Waals surface area (Å²) < 4.78 is 11.8. The van der Waals surface area contributed by atoms with E-state index in [1.165, 1.54) is 0 Å². The van der Waals surface area contributed by atoms with Crippen LogP contribution in [0.25, 0.3) is 33.3 Å². The van der Waals surface area contributed by atoms with Gasteiger partial charge in [-0.3, -0.25) is 9.78 Å². The third-order valence-corrected chi connectivity index (χ3v) is 6.44. The third kappa shape index (κ3) is 3.42. The molecular weight excluding hydrogens is 426 g/mol. The molecule has 1 amide bonds. The lowest BCUT2D eigenvalue weighted by Gasteiger charge is -2.13. The summed E-state index contributed by atoms with van der Waals surface area (Å²) in [5.41, 5.74) is 7.76. The second-order valence-corrected chi connectivity index (χ2v) is 8.81. The van der Waals surface area contributed by atoms with Crippen LogP contribution in [0.2, 0.25) is 0 Å². The molecule has 1 aliphatic carbocycles. The van der Waals surface area contributed by atoms with E-state index in [9.17, 15) is 4.79 Å². The number of oxazole rings is 1. The molecule has 32 heavy (non-hydrogen) atoms. The molecule has 0 bridgehead atoms. The van der Waals surface area contributed by atoms with E-state index in [0.29, 0.717) is 48.0 Å². The molecule has 3 N–H and O–H groups in total. The van der Waals surface area contributed by atoms with Crippen LogP contribution in [0.5, 0.6) is 5.75 Å². The van der Waals surface area contributed by atoms with Crippen molar-refractivity contribution in [3.05, 3.63) is 42.4 Å². The van der Waals surface area contributed by atoms with E-state index < -0.39 is 5.41 Å².